The van der Waals surface area contributed by atoms with Crippen molar-refractivity contribution in [3.63, 3.8) is 0 Å². The van der Waals surface area contributed by atoms with Crippen LogP contribution in [0, 0.1) is 0 Å². The van der Waals surface area contributed by atoms with E-state index in [1.54, 1.807) is 0 Å². The van der Waals surface area contributed by atoms with Gasteiger partial charge in [0.2, 0.25) is 0 Å². The summed E-state index contributed by atoms with van der Waals surface area (Å²) in [4.78, 5) is 21.6. The van der Waals surface area contributed by atoms with E-state index in [2.05, 4.69) is 27.7 Å². The first kappa shape index (κ1) is 27.8. The second-order valence-corrected chi connectivity index (χ2v) is 7.19. The number of phosphoric acid groups is 1. The van der Waals surface area contributed by atoms with Crippen molar-refractivity contribution in [3.05, 3.63) is 0 Å². The Hall–Kier alpha value is -0.0000000000000000694. The van der Waals surface area contributed by atoms with Gasteiger partial charge in [0.25, 0.3) is 0 Å². The lowest BCUT2D eigenvalue weighted by Gasteiger charge is -2.39. The maximum absolute atomic E-state index is 8.88. The van der Waals surface area contributed by atoms with Crippen LogP contribution in [0.1, 0.15) is 79.1 Å². The van der Waals surface area contributed by atoms with Crippen LogP contribution in [0.4, 0.5) is 4.70 Å². The number of hydrogen-bond donors (Lipinski definition) is 3. The molecule has 0 fully saturated rings. The standard InChI is InChI=1S/C16H36N.FH.H3O4P/c1-5-9-13-17(14-10-6-2,15-11-7-3)16-12-8-4;;1-5(2,3)4/h5-16H2,1-4H3;1H;(H3,1,2,3,4)/q+1;;. The largest absolute Gasteiger partial charge is 0.466 e. The molecule has 0 heterocycles. The van der Waals surface area contributed by atoms with Crippen molar-refractivity contribution in [1.82, 2.24) is 0 Å². The molecule has 5 nitrogen and oxygen atoms in total. The van der Waals surface area contributed by atoms with E-state index in [4.69, 9.17) is 19.2 Å². The fourth-order valence-electron chi connectivity index (χ4n) is 2.64. The van der Waals surface area contributed by atoms with Crippen LogP contribution in [0.5, 0.6) is 0 Å². The Morgan fingerprint density at radius 2 is 0.826 bits per heavy atom. The zero-order chi connectivity index (χ0) is 17.5. The van der Waals surface area contributed by atoms with E-state index < -0.39 is 7.82 Å². The number of quaternary nitrogens is 1. The molecule has 0 aliphatic carbocycles. The van der Waals surface area contributed by atoms with Gasteiger partial charge in [0.15, 0.2) is 0 Å². The van der Waals surface area contributed by atoms with Crippen LogP contribution >= 0.6 is 7.82 Å². The smallest absolute Gasteiger partial charge is 0.324 e. The molecule has 0 bridgehead atoms. The molecule has 0 saturated heterocycles. The van der Waals surface area contributed by atoms with Gasteiger partial charge < -0.3 is 19.2 Å². The maximum Gasteiger partial charge on any atom is 0.466 e. The minimum atomic E-state index is -4.64. The molecule has 0 aromatic heterocycles. The van der Waals surface area contributed by atoms with Gasteiger partial charge in [-0.05, 0) is 25.7 Å². The highest BCUT2D eigenvalue weighted by atomic mass is 31.2. The van der Waals surface area contributed by atoms with Crippen molar-refractivity contribution in [3.8, 4) is 0 Å². The molecule has 144 valence electrons. The van der Waals surface area contributed by atoms with Crippen LogP contribution in [-0.2, 0) is 4.57 Å². The van der Waals surface area contributed by atoms with E-state index in [1.807, 2.05) is 0 Å². The summed E-state index contributed by atoms with van der Waals surface area (Å²) < 4.78 is 10.3. The predicted octanol–water partition coefficient (Wildman–Crippen LogP) is 4.23. The SMILES string of the molecule is CCCC[N+](CCCC)(CCCC)CCCC.F.O=P(O)(O)O. The molecule has 0 saturated carbocycles. The molecule has 0 aromatic carbocycles. The van der Waals surface area contributed by atoms with Crippen LogP contribution in [0.25, 0.3) is 0 Å². The summed E-state index contributed by atoms with van der Waals surface area (Å²) in [7, 11) is -4.64. The Balaban J connectivity index is -0.000000578. The molecule has 0 rings (SSSR count). The van der Waals surface area contributed by atoms with Gasteiger partial charge in [0.05, 0.1) is 26.2 Å². The molecule has 7 heteroatoms. The molecule has 3 N–H and O–H groups in total. The Morgan fingerprint density at radius 1 is 0.652 bits per heavy atom. The van der Waals surface area contributed by atoms with Gasteiger partial charge in [-0.3, -0.25) is 4.70 Å². The van der Waals surface area contributed by atoms with Crippen molar-refractivity contribution in [2.45, 2.75) is 79.1 Å². The molecule has 0 radical (unpaired) electrons. The summed E-state index contributed by atoms with van der Waals surface area (Å²) in [6.07, 6.45) is 11.1. The summed E-state index contributed by atoms with van der Waals surface area (Å²) in [5, 5.41) is 0. The van der Waals surface area contributed by atoms with E-state index in [0.717, 1.165) is 0 Å². The van der Waals surface area contributed by atoms with Gasteiger partial charge >= 0.3 is 7.82 Å². The lowest BCUT2D eigenvalue weighted by atomic mass is 10.1. The minimum absolute atomic E-state index is 0. The quantitative estimate of drug-likeness (QED) is 0.359. The van der Waals surface area contributed by atoms with Gasteiger partial charge in [-0.1, -0.05) is 53.4 Å². The van der Waals surface area contributed by atoms with Crippen molar-refractivity contribution in [1.29, 1.82) is 0 Å². The average Bonchev–Trinajstić information content (AvgIpc) is 2.44. The third-order valence-corrected chi connectivity index (χ3v) is 3.94. The highest BCUT2D eigenvalue weighted by Crippen LogP contribution is 2.25. The molecular formula is C16H40FNO4P+. The molecule has 0 amide bonds. The van der Waals surface area contributed by atoms with Crippen LogP contribution in [0.3, 0.4) is 0 Å². The second kappa shape index (κ2) is 16.8. The Bertz CT molecular complexity index is 241. The Kier molecular flexibility index (Phi) is 20.4. The third-order valence-electron chi connectivity index (χ3n) is 3.94. The summed E-state index contributed by atoms with van der Waals surface area (Å²) in [5.41, 5.74) is 0. The molecule has 0 unspecified atom stereocenters. The van der Waals surface area contributed by atoms with Crippen LogP contribution < -0.4 is 0 Å². The molecule has 0 aromatic rings. The van der Waals surface area contributed by atoms with Crippen molar-refractivity contribution in [2.75, 3.05) is 26.2 Å². The number of halogens is 1. The topological polar surface area (TPSA) is 77.8 Å². The van der Waals surface area contributed by atoms with Gasteiger partial charge in [0, 0.05) is 0 Å². The first-order valence-electron chi connectivity index (χ1n) is 8.88. The number of nitrogens with zero attached hydrogens (tertiary/aromatic N) is 1. The number of hydrogen-bond acceptors (Lipinski definition) is 1. The van der Waals surface area contributed by atoms with Gasteiger partial charge in [0.1, 0.15) is 0 Å². The summed E-state index contributed by atoms with van der Waals surface area (Å²) in [6, 6.07) is 0. The van der Waals surface area contributed by atoms with Crippen LogP contribution in [-0.4, -0.2) is 45.3 Å². The first-order chi connectivity index (χ1) is 10.2. The average molecular weight is 360 g/mol. The zero-order valence-electron chi connectivity index (χ0n) is 15.5. The lowest BCUT2D eigenvalue weighted by molar-refractivity contribution is -0.929. The fraction of sp³-hybridized carbons (Fsp3) is 1.00. The van der Waals surface area contributed by atoms with Crippen molar-refractivity contribution < 1.29 is 28.4 Å². The second-order valence-electron chi connectivity index (χ2n) is 6.16. The molecule has 0 atom stereocenters. The number of unbranched alkanes of at least 4 members (excludes halogenated alkanes) is 4. The molecular weight excluding hydrogens is 320 g/mol. The molecule has 0 aliphatic heterocycles. The van der Waals surface area contributed by atoms with Crippen LogP contribution in [0.15, 0.2) is 0 Å². The van der Waals surface area contributed by atoms with E-state index >= 15 is 0 Å². The molecule has 23 heavy (non-hydrogen) atoms. The third kappa shape index (κ3) is 22.0. The molecule has 0 spiro atoms. The summed E-state index contributed by atoms with van der Waals surface area (Å²) in [5.74, 6) is 0. The highest BCUT2D eigenvalue weighted by Gasteiger charge is 2.24. The van der Waals surface area contributed by atoms with Gasteiger partial charge in [-0.15, -0.1) is 0 Å². The van der Waals surface area contributed by atoms with E-state index in [-0.39, 0.29) is 4.70 Å². The van der Waals surface area contributed by atoms with Gasteiger partial charge in [-0.25, -0.2) is 4.57 Å². The van der Waals surface area contributed by atoms with E-state index in [9.17, 15) is 0 Å². The highest BCUT2D eigenvalue weighted by molar-refractivity contribution is 7.45. The van der Waals surface area contributed by atoms with Crippen LogP contribution in [0.2, 0.25) is 0 Å². The molecule has 0 aliphatic rings. The Morgan fingerprint density at radius 3 is 0.957 bits per heavy atom. The first-order valence-corrected chi connectivity index (χ1v) is 10.4. The summed E-state index contributed by atoms with van der Waals surface area (Å²) >= 11 is 0. The lowest BCUT2D eigenvalue weighted by Crippen LogP contribution is -2.50. The number of rotatable bonds is 12. The van der Waals surface area contributed by atoms with Crippen molar-refractivity contribution >= 4 is 7.82 Å². The fourth-order valence-corrected chi connectivity index (χ4v) is 2.64. The zero-order valence-corrected chi connectivity index (χ0v) is 16.4. The van der Waals surface area contributed by atoms with Crippen molar-refractivity contribution in [2.24, 2.45) is 0 Å². The summed E-state index contributed by atoms with van der Waals surface area (Å²) in [6.45, 7) is 15.0. The monoisotopic (exact) mass is 360 g/mol. The minimum Gasteiger partial charge on any atom is -0.324 e. The van der Waals surface area contributed by atoms with Gasteiger partial charge in [-0.2, -0.15) is 0 Å². The predicted molar refractivity (Wildman–Crippen MR) is 96.1 cm³/mol. The normalized spacial score (nSPS) is 11.4. The maximum atomic E-state index is 8.88. The Labute approximate surface area is 142 Å². The van der Waals surface area contributed by atoms with E-state index in [0.29, 0.717) is 0 Å². The van der Waals surface area contributed by atoms with E-state index in [1.165, 1.54) is 82.0 Å².